The van der Waals surface area contributed by atoms with Crippen LogP contribution in [-0.2, 0) is 14.3 Å². The molecule has 1 aromatic carbocycles. The van der Waals surface area contributed by atoms with Gasteiger partial charge >= 0.3 is 0 Å². The standard InChI is InChI=1S/C18H22N2O7/c1-24-12-7-11-14(17(26-3)16(12)25-2)15(22)18(23)20(11)9-13(21)19-8-10-5-4-6-27-10/h7,10H,4-6,8-9H2,1-3H3,(H,19,21). The summed E-state index contributed by atoms with van der Waals surface area (Å²) in [5, 5.41) is 2.74. The van der Waals surface area contributed by atoms with Gasteiger partial charge in [0.15, 0.2) is 11.5 Å². The minimum Gasteiger partial charge on any atom is -0.493 e. The quantitative estimate of drug-likeness (QED) is 0.691. The number of hydrogen-bond donors (Lipinski definition) is 1. The van der Waals surface area contributed by atoms with E-state index in [0.717, 1.165) is 17.7 Å². The van der Waals surface area contributed by atoms with Crippen molar-refractivity contribution in [3.05, 3.63) is 11.6 Å². The van der Waals surface area contributed by atoms with Crippen LogP contribution in [0.25, 0.3) is 0 Å². The number of fused-ring (bicyclic) bond motifs is 1. The fourth-order valence-corrected chi connectivity index (χ4v) is 3.30. The zero-order chi connectivity index (χ0) is 19.6. The first-order valence-electron chi connectivity index (χ1n) is 8.59. The highest BCUT2D eigenvalue weighted by atomic mass is 16.5. The summed E-state index contributed by atoms with van der Waals surface area (Å²) in [6.07, 6.45) is 1.84. The molecule has 1 N–H and O–H groups in total. The van der Waals surface area contributed by atoms with E-state index < -0.39 is 11.7 Å². The summed E-state index contributed by atoms with van der Waals surface area (Å²) in [6, 6.07) is 1.49. The Balaban J connectivity index is 1.85. The molecule has 0 saturated carbocycles. The second-order valence-corrected chi connectivity index (χ2v) is 6.20. The molecule has 9 nitrogen and oxygen atoms in total. The third kappa shape index (κ3) is 3.42. The van der Waals surface area contributed by atoms with Crippen LogP contribution in [0.3, 0.4) is 0 Å². The van der Waals surface area contributed by atoms with Gasteiger partial charge in [-0.2, -0.15) is 0 Å². The molecule has 1 fully saturated rings. The molecule has 27 heavy (non-hydrogen) atoms. The monoisotopic (exact) mass is 378 g/mol. The maximum absolute atomic E-state index is 12.5. The number of carbonyl (C=O) groups is 3. The van der Waals surface area contributed by atoms with E-state index >= 15 is 0 Å². The first-order valence-corrected chi connectivity index (χ1v) is 8.59. The van der Waals surface area contributed by atoms with Crippen molar-refractivity contribution in [2.24, 2.45) is 0 Å². The summed E-state index contributed by atoms with van der Waals surface area (Å²) in [5.74, 6) is -1.33. The van der Waals surface area contributed by atoms with Gasteiger partial charge in [0, 0.05) is 19.2 Å². The molecule has 2 heterocycles. The van der Waals surface area contributed by atoms with Crippen molar-refractivity contribution in [2.45, 2.75) is 18.9 Å². The molecule has 3 rings (SSSR count). The largest absolute Gasteiger partial charge is 0.493 e. The predicted octanol–water partition coefficient (Wildman–Crippen LogP) is 0.537. The van der Waals surface area contributed by atoms with E-state index in [0.29, 0.717) is 18.9 Å². The van der Waals surface area contributed by atoms with Gasteiger partial charge < -0.3 is 24.3 Å². The molecular formula is C18H22N2O7. The summed E-state index contributed by atoms with van der Waals surface area (Å²) in [7, 11) is 4.21. The number of anilines is 1. The zero-order valence-electron chi connectivity index (χ0n) is 15.5. The minimum absolute atomic E-state index is 0.0124. The molecule has 0 radical (unpaired) electrons. The molecule has 0 aromatic heterocycles. The fourth-order valence-electron chi connectivity index (χ4n) is 3.30. The van der Waals surface area contributed by atoms with E-state index in [2.05, 4.69) is 5.32 Å². The SMILES string of the molecule is COc1cc2c(c(OC)c1OC)C(=O)C(=O)N2CC(=O)NCC1CCCO1. The van der Waals surface area contributed by atoms with Gasteiger partial charge in [0.2, 0.25) is 11.7 Å². The number of benzene rings is 1. The highest BCUT2D eigenvalue weighted by molar-refractivity contribution is 6.53. The highest BCUT2D eigenvalue weighted by Crippen LogP contribution is 2.47. The number of ketones is 1. The van der Waals surface area contributed by atoms with Crippen molar-refractivity contribution in [1.29, 1.82) is 0 Å². The topological polar surface area (TPSA) is 103 Å². The third-order valence-electron chi connectivity index (χ3n) is 4.62. The van der Waals surface area contributed by atoms with Crippen molar-refractivity contribution < 1.29 is 33.3 Å². The second kappa shape index (κ2) is 7.83. The lowest BCUT2D eigenvalue weighted by atomic mass is 10.1. The number of Topliss-reactive ketones (excluding diaryl/α,β-unsaturated/α-hetero) is 1. The van der Waals surface area contributed by atoms with Gasteiger partial charge in [0.1, 0.15) is 6.54 Å². The van der Waals surface area contributed by atoms with Crippen LogP contribution in [0.1, 0.15) is 23.2 Å². The Hall–Kier alpha value is -2.81. The Morgan fingerprint density at radius 3 is 2.56 bits per heavy atom. The van der Waals surface area contributed by atoms with Gasteiger partial charge in [-0.15, -0.1) is 0 Å². The second-order valence-electron chi connectivity index (χ2n) is 6.20. The Morgan fingerprint density at radius 1 is 1.22 bits per heavy atom. The number of nitrogens with zero attached hydrogens (tertiary/aromatic N) is 1. The minimum atomic E-state index is -0.800. The molecule has 1 saturated heterocycles. The van der Waals surface area contributed by atoms with Crippen LogP contribution >= 0.6 is 0 Å². The van der Waals surface area contributed by atoms with Gasteiger partial charge in [0.25, 0.3) is 11.7 Å². The average molecular weight is 378 g/mol. The van der Waals surface area contributed by atoms with Gasteiger partial charge in [-0.25, -0.2) is 0 Å². The van der Waals surface area contributed by atoms with Gasteiger partial charge in [0.05, 0.1) is 38.7 Å². The summed E-state index contributed by atoms with van der Waals surface area (Å²) in [6.45, 7) is 0.772. The number of nitrogens with one attached hydrogen (secondary N) is 1. The van der Waals surface area contributed by atoms with E-state index in [-0.39, 0.29) is 41.3 Å². The number of carbonyl (C=O) groups excluding carboxylic acids is 3. The third-order valence-corrected chi connectivity index (χ3v) is 4.62. The molecule has 0 aliphatic carbocycles. The number of methoxy groups -OCH3 is 3. The van der Waals surface area contributed by atoms with Gasteiger partial charge in [-0.1, -0.05) is 0 Å². The number of hydrogen-bond acceptors (Lipinski definition) is 7. The molecule has 0 bridgehead atoms. The van der Waals surface area contributed by atoms with Crippen LogP contribution in [0.4, 0.5) is 5.69 Å². The maximum Gasteiger partial charge on any atom is 0.300 e. The highest BCUT2D eigenvalue weighted by Gasteiger charge is 2.42. The summed E-state index contributed by atoms with van der Waals surface area (Å²) < 4.78 is 21.3. The van der Waals surface area contributed by atoms with Crippen LogP contribution in [0.15, 0.2) is 6.07 Å². The molecule has 2 amide bonds. The molecule has 2 aliphatic heterocycles. The fraction of sp³-hybridized carbons (Fsp3) is 0.500. The molecule has 146 valence electrons. The van der Waals surface area contributed by atoms with Crippen molar-refractivity contribution in [3.63, 3.8) is 0 Å². The summed E-state index contributed by atoms with van der Waals surface area (Å²) >= 11 is 0. The molecule has 1 atom stereocenters. The lowest BCUT2D eigenvalue weighted by Crippen LogP contribution is -2.42. The van der Waals surface area contributed by atoms with Gasteiger partial charge in [-0.05, 0) is 12.8 Å². The first kappa shape index (κ1) is 19.0. The maximum atomic E-state index is 12.5. The zero-order valence-corrected chi connectivity index (χ0v) is 15.5. The smallest absolute Gasteiger partial charge is 0.300 e. The van der Waals surface area contributed by atoms with E-state index in [9.17, 15) is 14.4 Å². The predicted molar refractivity (Wildman–Crippen MR) is 94.8 cm³/mol. The lowest BCUT2D eigenvalue weighted by Gasteiger charge is -2.19. The Kier molecular flexibility index (Phi) is 5.50. The van der Waals surface area contributed by atoms with Crippen LogP contribution < -0.4 is 24.4 Å². The molecule has 2 aliphatic rings. The number of amides is 2. The van der Waals surface area contributed by atoms with E-state index in [4.69, 9.17) is 18.9 Å². The summed E-state index contributed by atoms with van der Waals surface area (Å²) in [4.78, 5) is 38.4. The Morgan fingerprint density at radius 2 is 1.96 bits per heavy atom. The van der Waals surface area contributed by atoms with Crippen LogP contribution in [0, 0.1) is 0 Å². The molecule has 9 heteroatoms. The van der Waals surface area contributed by atoms with Crippen LogP contribution in [0.2, 0.25) is 0 Å². The van der Waals surface area contributed by atoms with E-state index in [1.807, 2.05) is 0 Å². The lowest BCUT2D eigenvalue weighted by molar-refractivity contribution is -0.122. The van der Waals surface area contributed by atoms with E-state index in [1.54, 1.807) is 0 Å². The molecule has 0 spiro atoms. The average Bonchev–Trinajstić information content (AvgIpc) is 3.28. The van der Waals surface area contributed by atoms with Crippen molar-refractivity contribution in [1.82, 2.24) is 5.32 Å². The Labute approximate surface area is 156 Å². The van der Waals surface area contributed by atoms with Crippen LogP contribution in [-0.4, -0.2) is 64.7 Å². The van der Waals surface area contributed by atoms with Crippen molar-refractivity contribution in [2.75, 3.05) is 45.9 Å². The number of rotatable bonds is 7. The van der Waals surface area contributed by atoms with E-state index in [1.165, 1.54) is 27.4 Å². The molecule has 1 aromatic rings. The van der Waals surface area contributed by atoms with Gasteiger partial charge in [-0.3, -0.25) is 19.3 Å². The Bertz CT molecular complexity index is 771. The molecular weight excluding hydrogens is 356 g/mol. The number of ether oxygens (including phenoxy) is 4. The van der Waals surface area contributed by atoms with Crippen molar-refractivity contribution >= 4 is 23.3 Å². The van der Waals surface area contributed by atoms with Crippen LogP contribution in [0.5, 0.6) is 17.2 Å². The first-order chi connectivity index (χ1) is 13.0. The summed E-state index contributed by atoms with van der Waals surface area (Å²) in [5.41, 5.74) is 0.318. The molecule has 1 unspecified atom stereocenters. The normalized spacial score (nSPS) is 18.5. The van der Waals surface area contributed by atoms with Crippen molar-refractivity contribution in [3.8, 4) is 17.2 Å².